The van der Waals surface area contributed by atoms with Crippen LogP contribution in [-0.4, -0.2) is 16.9 Å². The predicted octanol–water partition coefficient (Wildman–Crippen LogP) is 10.8. The topological polar surface area (TPSA) is 12.5 Å². The molecule has 11 aromatic carbocycles. The molecule has 0 fully saturated rings. The van der Waals surface area contributed by atoms with E-state index in [1.807, 2.05) is 0 Å². The molecule has 4 heteroatoms. The number of para-hydroxylation sites is 2. The van der Waals surface area contributed by atoms with E-state index in [2.05, 4.69) is 260 Å². The lowest BCUT2D eigenvalue weighted by Gasteiger charge is -2.46. The minimum Gasteiger partial charge on any atom is -0.458 e. The Labute approximate surface area is 387 Å². The molecule has 0 aliphatic carbocycles. The molecule has 2 heterocycles. The molecule has 1 spiro atoms. The van der Waals surface area contributed by atoms with Gasteiger partial charge in [-0.05, 0) is 90.2 Å². The summed E-state index contributed by atoms with van der Waals surface area (Å²) in [6.45, 7) is 0. The van der Waals surface area contributed by atoms with Gasteiger partial charge in [-0.25, -0.2) is 0 Å². The van der Waals surface area contributed by atoms with Gasteiger partial charge in [0.2, 0.25) is 0 Å². The fourth-order valence-corrected chi connectivity index (χ4v) is 21.7. The van der Waals surface area contributed by atoms with Crippen molar-refractivity contribution in [3.05, 3.63) is 255 Å². The van der Waals surface area contributed by atoms with Gasteiger partial charge in [-0.1, -0.05) is 234 Å². The molecular formula is C62H43NOSi2. The number of rotatable bonds is 6. The number of nitrogens with zero attached hydrogens (tertiary/aromatic N) is 1. The highest BCUT2D eigenvalue weighted by Gasteiger charge is 2.53. The van der Waals surface area contributed by atoms with Crippen LogP contribution in [0.5, 0.6) is 11.5 Å². The SMILES string of the molecule is c1ccc(-c2ccc(N(c3cccc4ccccc34)c3ccc(-c4ccc5c(c4)[Si]4(c6ccccc6Oc6ccccc64)c4ccccc4[SiH]5c4ccccc4)c4ccccc34)cc2)cc1. The first kappa shape index (κ1) is 38.4. The first-order valence-corrected chi connectivity index (χ1v) is 26.6. The third kappa shape index (κ3) is 5.92. The van der Waals surface area contributed by atoms with E-state index >= 15 is 0 Å². The van der Waals surface area contributed by atoms with E-state index < -0.39 is 16.9 Å². The Hall–Kier alpha value is -8.03. The Morgan fingerprint density at radius 3 is 1.65 bits per heavy atom. The predicted molar refractivity (Wildman–Crippen MR) is 283 cm³/mol. The second kappa shape index (κ2) is 15.6. The molecule has 11 aromatic rings. The fourth-order valence-electron chi connectivity index (χ4n) is 11.3. The highest BCUT2D eigenvalue weighted by molar-refractivity contribution is 7.27. The van der Waals surface area contributed by atoms with E-state index in [1.54, 1.807) is 0 Å². The standard InChI is InChI=1S/C62H43NOSi2/c1-3-18-43(19-4-1)44-34-37-47(38-35-44)63(53-27-17-21-45-20-7-8-24-50(45)53)54-40-39-49(51-25-9-10-26-52(51)54)46-36-41-58-62(42-46)66(59-31-14-11-28-55(59)64-56-29-12-15-32-60(56)66)61-33-16-13-30-57(61)65(58)48-22-5-2-6-23-48/h1-42,65H. The maximum atomic E-state index is 6.82. The number of anilines is 3. The third-order valence-corrected chi connectivity index (χ3v) is 22.9. The number of benzene rings is 11. The summed E-state index contributed by atoms with van der Waals surface area (Å²) < 4.78 is 6.82. The van der Waals surface area contributed by atoms with Gasteiger partial charge in [0, 0.05) is 16.5 Å². The van der Waals surface area contributed by atoms with Gasteiger partial charge in [0.1, 0.15) is 20.3 Å². The van der Waals surface area contributed by atoms with Crippen molar-refractivity contribution in [3.8, 4) is 33.8 Å². The van der Waals surface area contributed by atoms with Crippen molar-refractivity contribution in [1.82, 2.24) is 0 Å². The molecule has 1 atom stereocenters. The lowest BCUT2D eigenvalue weighted by molar-refractivity contribution is 0.487. The molecule has 0 radical (unpaired) electrons. The van der Waals surface area contributed by atoms with E-state index in [1.165, 1.54) is 80.1 Å². The van der Waals surface area contributed by atoms with Crippen molar-refractivity contribution in [2.75, 3.05) is 4.90 Å². The van der Waals surface area contributed by atoms with Gasteiger partial charge < -0.3 is 9.64 Å². The van der Waals surface area contributed by atoms with E-state index in [4.69, 9.17) is 4.74 Å². The van der Waals surface area contributed by atoms with E-state index in [-0.39, 0.29) is 0 Å². The van der Waals surface area contributed by atoms with Crippen LogP contribution in [0.2, 0.25) is 0 Å². The molecule has 0 saturated heterocycles. The molecule has 0 aromatic heterocycles. The van der Waals surface area contributed by atoms with Crippen molar-refractivity contribution < 1.29 is 4.74 Å². The maximum absolute atomic E-state index is 6.82. The largest absolute Gasteiger partial charge is 0.458 e. The molecule has 2 aliphatic heterocycles. The zero-order chi connectivity index (χ0) is 43.6. The monoisotopic (exact) mass is 873 g/mol. The summed E-state index contributed by atoms with van der Waals surface area (Å²) in [6.07, 6.45) is 0. The summed E-state index contributed by atoms with van der Waals surface area (Å²) in [5, 5.41) is 14.9. The lowest BCUT2D eigenvalue weighted by atomic mass is 9.96. The number of ether oxygens (including phenoxy) is 1. The number of fused-ring (bicyclic) bond motifs is 10. The van der Waals surface area contributed by atoms with Crippen LogP contribution in [0.15, 0.2) is 255 Å². The van der Waals surface area contributed by atoms with Crippen molar-refractivity contribution in [2.24, 2.45) is 0 Å². The van der Waals surface area contributed by atoms with Crippen LogP contribution in [0.3, 0.4) is 0 Å². The molecule has 13 rings (SSSR count). The lowest BCUT2D eigenvalue weighted by Crippen LogP contribution is -2.87. The molecule has 2 nitrogen and oxygen atoms in total. The summed E-state index contributed by atoms with van der Waals surface area (Å²) in [4.78, 5) is 2.46. The molecule has 0 N–H and O–H groups in total. The van der Waals surface area contributed by atoms with E-state index in [0.717, 1.165) is 28.6 Å². The van der Waals surface area contributed by atoms with Crippen LogP contribution in [0.1, 0.15) is 0 Å². The average Bonchev–Trinajstić information content (AvgIpc) is 3.39. The summed E-state index contributed by atoms with van der Waals surface area (Å²) in [5.74, 6) is 1.93. The Morgan fingerprint density at radius 1 is 0.348 bits per heavy atom. The molecule has 1 unspecified atom stereocenters. The second-order valence-corrected chi connectivity index (χ2v) is 23.9. The molecule has 0 amide bonds. The van der Waals surface area contributed by atoms with Crippen LogP contribution >= 0.6 is 0 Å². The van der Waals surface area contributed by atoms with E-state index in [0.29, 0.717) is 0 Å². The first-order chi connectivity index (χ1) is 32.8. The Bertz CT molecular complexity index is 3590. The maximum Gasteiger partial charge on any atom is 0.188 e. The summed E-state index contributed by atoms with van der Waals surface area (Å²) >= 11 is 0. The summed E-state index contributed by atoms with van der Waals surface area (Å²) in [7, 11) is -4.85. The van der Waals surface area contributed by atoms with Gasteiger partial charge in [-0.2, -0.15) is 0 Å². The molecule has 2 aliphatic rings. The van der Waals surface area contributed by atoms with Gasteiger partial charge in [-0.15, -0.1) is 0 Å². The third-order valence-electron chi connectivity index (χ3n) is 14.1. The van der Waals surface area contributed by atoms with Crippen molar-refractivity contribution in [1.29, 1.82) is 0 Å². The van der Waals surface area contributed by atoms with Gasteiger partial charge in [0.25, 0.3) is 0 Å². The smallest absolute Gasteiger partial charge is 0.188 e. The normalized spacial score (nSPS) is 14.2. The van der Waals surface area contributed by atoms with E-state index in [9.17, 15) is 0 Å². The highest BCUT2D eigenvalue weighted by Crippen LogP contribution is 2.44. The second-order valence-electron chi connectivity index (χ2n) is 17.5. The van der Waals surface area contributed by atoms with Crippen LogP contribution in [0.25, 0.3) is 43.8 Å². The summed E-state index contributed by atoms with van der Waals surface area (Å²) in [5.41, 5.74) is 8.25. The van der Waals surface area contributed by atoms with Crippen LogP contribution in [0, 0.1) is 0 Å². The van der Waals surface area contributed by atoms with Crippen molar-refractivity contribution in [2.45, 2.75) is 0 Å². The summed E-state index contributed by atoms with van der Waals surface area (Å²) in [6, 6.07) is 94.8. The van der Waals surface area contributed by atoms with Gasteiger partial charge in [-0.3, -0.25) is 0 Å². The first-order valence-electron chi connectivity index (χ1n) is 22.9. The zero-order valence-corrected chi connectivity index (χ0v) is 38.3. The Morgan fingerprint density at radius 2 is 0.894 bits per heavy atom. The molecule has 0 saturated carbocycles. The quantitative estimate of drug-likeness (QED) is 0.154. The zero-order valence-electron chi connectivity index (χ0n) is 36.2. The molecule has 310 valence electrons. The minimum atomic E-state index is -2.93. The molecule has 66 heavy (non-hydrogen) atoms. The van der Waals surface area contributed by atoms with Crippen LogP contribution < -0.4 is 45.9 Å². The number of hydrogen-bond acceptors (Lipinski definition) is 2. The highest BCUT2D eigenvalue weighted by atomic mass is 28.3. The molecule has 0 bridgehead atoms. The van der Waals surface area contributed by atoms with Crippen molar-refractivity contribution >= 4 is 91.8 Å². The van der Waals surface area contributed by atoms with Crippen molar-refractivity contribution in [3.63, 3.8) is 0 Å². The fraction of sp³-hybridized carbons (Fsp3) is 0. The average molecular weight is 874 g/mol. The van der Waals surface area contributed by atoms with Crippen LogP contribution in [0.4, 0.5) is 17.1 Å². The van der Waals surface area contributed by atoms with Gasteiger partial charge in [0.15, 0.2) is 8.07 Å². The Kier molecular flexibility index (Phi) is 9.08. The Balaban J connectivity index is 1.05. The minimum absolute atomic E-state index is 0.967. The molecular weight excluding hydrogens is 831 g/mol. The van der Waals surface area contributed by atoms with Crippen LogP contribution in [-0.2, 0) is 0 Å². The van der Waals surface area contributed by atoms with Gasteiger partial charge in [0.05, 0.1) is 11.4 Å². The van der Waals surface area contributed by atoms with Gasteiger partial charge >= 0.3 is 0 Å². The number of hydrogen-bond donors (Lipinski definition) is 0.